The Bertz CT molecular complexity index is 895. The lowest BCUT2D eigenvalue weighted by atomic mass is 10.0. The molecule has 4 nitrogen and oxygen atoms in total. The zero-order valence-corrected chi connectivity index (χ0v) is 20.9. The monoisotopic (exact) mass is 532 g/mol. The number of hydrogen-bond acceptors (Lipinski definition) is 4. The minimum atomic E-state index is -0.268. The predicted molar refractivity (Wildman–Crippen MR) is 135 cm³/mol. The van der Waals surface area contributed by atoms with Gasteiger partial charge in [-0.3, -0.25) is 4.90 Å². The molecular formula is C26H33IN2O2. The number of ether oxygens (including phenoxy) is 1. The normalized spacial score (nSPS) is 16.2. The summed E-state index contributed by atoms with van der Waals surface area (Å²) in [5.74, 6) is 6.87. The molecular weight excluding hydrogens is 499 g/mol. The Morgan fingerprint density at radius 1 is 1.16 bits per heavy atom. The maximum Gasteiger partial charge on any atom is 0.143 e. The standard InChI is InChI=1S/C26H33IN2O2/c1-4-29(5-2)23-13-15-28(16-14-23)19-22-17-20(18-24(27)26(22)30)11-12-25(31-3)21-9-7-6-8-10-21/h6-10,17-18,23,25,30H,4-5,13-16,19H2,1-3H3. The Morgan fingerprint density at radius 2 is 1.84 bits per heavy atom. The third-order valence-electron chi connectivity index (χ3n) is 6.11. The summed E-state index contributed by atoms with van der Waals surface area (Å²) >= 11 is 2.20. The van der Waals surface area contributed by atoms with Crippen molar-refractivity contribution in [3.05, 3.63) is 62.7 Å². The Labute approximate surface area is 200 Å². The Hall–Kier alpha value is -1.59. The van der Waals surface area contributed by atoms with Crippen LogP contribution in [0.15, 0.2) is 42.5 Å². The highest BCUT2D eigenvalue weighted by Gasteiger charge is 2.23. The molecule has 5 heteroatoms. The van der Waals surface area contributed by atoms with Crippen molar-refractivity contribution in [2.75, 3.05) is 33.3 Å². The van der Waals surface area contributed by atoms with E-state index in [1.54, 1.807) is 7.11 Å². The lowest BCUT2D eigenvalue weighted by Crippen LogP contribution is -2.44. The van der Waals surface area contributed by atoms with Gasteiger partial charge in [-0.1, -0.05) is 56.0 Å². The number of rotatable bonds is 7. The number of aromatic hydroxyl groups is 1. The van der Waals surface area contributed by atoms with Crippen LogP contribution in [0.5, 0.6) is 5.75 Å². The number of phenols is 1. The highest BCUT2D eigenvalue weighted by Crippen LogP contribution is 2.28. The first kappa shape index (κ1) is 24.1. The molecule has 1 aliphatic heterocycles. The van der Waals surface area contributed by atoms with Crippen molar-refractivity contribution in [1.29, 1.82) is 0 Å². The average Bonchev–Trinajstić information content (AvgIpc) is 2.80. The maximum absolute atomic E-state index is 10.7. The molecule has 3 rings (SSSR count). The molecule has 2 aromatic carbocycles. The lowest BCUT2D eigenvalue weighted by Gasteiger charge is -2.37. The molecule has 1 unspecified atom stereocenters. The second kappa shape index (κ2) is 11.9. The van der Waals surface area contributed by atoms with Crippen LogP contribution >= 0.6 is 22.6 Å². The summed E-state index contributed by atoms with van der Waals surface area (Å²) in [5.41, 5.74) is 2.90. The van der Waals surface area contributed by atoms with Gasteiger partial charge in [0.25, 0.3) is 0 Å². The van der Waals surface area contributed by atoms with Crippen molar-refractivity contribution in [3.63, 3.8) is 0 Å². The van der Waals surface area contributed by atoms with Crippen LogP contribution in [-0.4, -0.2) is 54.2 Å². The number of nitrogens with zero attached hydrogens (tertiary/aromatic N) is 2. The molecule has 31 heavy (non-hydrogen) atoms. The van der Waals surface area contributed by atoms with Crippen LogP contribution in [-0.2, 0) is 11.3 Å². The number of methoxy groups -OCH3 is 1. The Balaban J connectivity index is 1.71. The summed E-state index contributed by atoms with van der Waals surface area (Å²) in [7, 11) is 1.68. The highest BCUT2D eigenvalue weighted by atomic mass is 127. The van der Waals surface area contributed by atoms with Crippen molar-refractivity contribution >= 4 is 22.6 Å². The molecule has 166 valence electrons. The molecule has 2 aromatic rings. The number of hydrogen-bond donors (Lipinski definition) is 1. The predicted octanol–water partition coefficient (Wildman–Crippen LogP) is 5.04. The van der Waals surface area contributed by atoms with Crippen molar-refractivity contribution in [1.82, 2.24) is 9.80 Å². The third-order valence-corrected chi connectivity index (χ3v) is 6.93. The molecule has 0 saturated carbocycles. The van der Waals surface area contributed by atoms with Crippen molar-refractivity contribution in [2.45, 2.75) is 45.4 Å². The van der Waals surface area contributed by atoms with Crippen LogP contribution in [0.25, 0.3) is 0 Å². The van der Waals surface area contributed by atoms with Gasteiger partial charge in [-0.05, 0) is 79.3 Å². The molecule has 0 aromatic heterocycles. The van der Waals surface area contributed by atoms with Crippen molar-refractivity contribution < 1.29 is 9.84 Å². The summed E-state index contributed by atoms with van der Waals surface area (Å²) in [4.78, 5) is 5.01. The summed E-state index contributed by atoms with van der Waals surface area (Å²) in [6.07, 6.45) is 2.10. The van der Waals surface area contributed by atoms with Gasteiger partial charge in [-0.25, -0.2) is 0 Å². The number of likely N-dealkylation sites (tertiary alicyclic amines) is 1. The van der Waals surface area contributed by atoms with Gasteiger partial charge in [0.15, 0.2) is 0 Å². The van der Waals surface area contributed by atoms with E-state index in [4.69, 9.17) is 4.74 Å². The molecule has 1 fully saturated rings. The number of piperidine rings is 1. The Kier molecular flexibility index (Phi) is 9.21. The van der Waals surface area contributed by atoms with Crippen LogP contribution in [0.4, 0.5) is 0 Å². The van der Waals surface area contributed by atoms with Crippen molar-refractivity contribution in [3.8, 4) is 17.6 Å². The SMILES string of the molecule is CCN(CC)C1CCN(Cc2cc(C#CC(OC)c3ccccc3)cc(I)c2O)CC1. The van der Waals surface area contributed by atoms with E-state index in [2.05, 4.69) is 58.1 Å². The minimum absolute atomic E-state index is 0.268. The molecule has 1 atom stereocenters. The van der Waals surface area contributed by atoms with E-state index in [9.17, 15) is 5.11 Å². The van der Waals surface area contributed by atoms with E-state index >= 15 is 0 Å². The second-order valence-corrected chi connectivity index (χ2v) is 9.15. The zero-order valence-electron chi connectivity index (χ0n) is 18.8. The first-order valence-corrected chi connectivity index (χ1v) is 12.2. The van der Waals surface area contributed by atoms with E-state index in [1.807, 2.05) is 42.5 Å². The van der Waals surface area contributed by atoms with E-state index < -0.39 is 0 Å². The van der Waals surface area contributed by atoms with Crippen LogP contribution in [0, 0.1) is 15.4 Å². The smallest absolute Gasteiger partial charge is 0.143 e. The summed E-state index contributed by atoms with van der Waals surface area (Å²) in [6, 6.07) is 14.7. The first-order chi connectivity index (χ1) is 15.0. The molecule has 1 N–H and O–H groups in total. The fourth-order valence-corrected chi connectivity index (χ4v) is 5.01. The van der Waals surface area contributed by atoms with Crippen molar-refractivity contribution in [2.24, 2.45) is 0 Å². The van der Waals surface area contributed by atoms with Gasteiger partial charge >= 0.3 is 0 Å². The largest absolute Gasteiger partial charge is 0.507 e. The summed E-state index contributed by atoms with van der Waals surface area (Å²) in [6.45, 7) is 9.61. The topological polar surface area (TPSA) is 35.9 Å². The Morgan fingerprint density at radius 3 is 2.45 bits per heavy atom. The molecule has 0 bridgehead atoms. The van der Waals surface area contributed by atoms with Gasteiger partial charge < -0.3 is 14.7 Å². The van der Waals surface area contributed by atoms with E-state index in [1.165, 1.54) is 12.8 Å². The van der Waals surface area contributed by atoms with E-state index in [0.29, 0.717) is 11.8 Å². The molecule has 0 aliphatic carbocycles. The van der Waals surface area contributed by atoms with Gasteiger partial charge in [-0.2, -0.15) is 0 Å². The number of halogens is 1. The lowest BCUT2D eigenvalue weighted by molar-refractivity contribution is 0.112. The number of phenolic OH excluding ortho intramolecular Hbond substituents is 1. The van der Waals surface area contributed by atoms with Crippen LogP contribution < -0.4 is 0 Å². The second-order valence-electron chi connectivity index (χ2n) is 7.99. The molecule has 1 heterocycles. The van der Waals surface area contributed by atoms with Gasteiger partial charge in [0.1, 0.15) is 11.9 Å². The molecule has 0 amide bonds. The molecule has 1 saturated heterocycles. The van der Waals surface area contributed by atoms with Crippen LogP contribution in [0.3, 0.4) is 0 Å². The molecule has 1 aliphatic rings. The quantitative estimate of drug-likeness (QED) is 0.401. The summed E-state index contributed by atoms with van der Waals surface area (Å²) < 4.78 is 6.41. The van der Waals surface area contributed by atoms with E-state index in [0.717, 1.165) is 53.0 Å². The van der Waals surface area contributed by atoms with E-state index in [-0.39, 0.29) is 6.10 Å². The molecule has 0 spiro atoms. The minimum Gasteiger partial charge on any atom is -0.507 e. The van der Waals surface area contributed by atoms with Gasteiger partial charge in [0, 0.05) is 30.8 Å². The average molecular weight is 532 g/mol. The van der Waals surface area contributed by atoms with Gasteiger partial charge in [-0.15, -0.1) is 0 Å². The van der Waals surface area contributed by atoms with Gasteiger partial charge in [0.2, 0.25) is 0 Å². The zero-order chi connectivity index (χ0) is 22.2. The highest BCUT2D eigenvalue weighted by molar-refractivity contribution is 14.1. The fourth-order valence-electron chi connectivity index (χ4n) is 4.33. The fraction of sp³-hybridized carbons (Fsp3) is 0.462. The number of benzene rings is 2. The van der Waals surface area contributed by atoms with Crippen LogP contribution in [0.1, 0.15) is 49.5 Å². The van der Waals surface area contributed by atoms with Gasteiger partial charge in [0.05, 0.1) is 3.57 Å². The third kappa shape index (κ3) is 6.45. The van der Waals surface area contributed by atoms with Crippen LogP contribution in [0.2, 0.25) is 0 Å². The summed E-state index contributed by atoms with van der Waals surface area (Å²) in [5, 5.41) is 10.7. The maximum atomic E-state index is 10.7. The molecule has 0 radical (unpaired) electrons. The first-order valence-electron chi connectivity index (χ1n) is 11.1.